The van der Waals surface area contributed by atoms with E-state index in [1.807, 2.05) is 18.2 Å². The maximum Gasteiger partial charge on any atom is 0.257 e. The molecule has 0 bridgehead atoms. The van der Waals surface area contributed by atoms with Gasteiger partial charge in [0, 0.05) is 25.7 Å². The fourth-order valence-corrected chi connectivity index (χ4v) is 6.04. The Morgan fingerprint density at radius 2 is 1.81 bits per heavy atom. The van der Waals surface area contributed by atoms with Crippen LogP contribution in [0.25, 0.3) is 0 Å². The molecule has 0 spiro atoms. The lowest BCUT2D eigenvalue weighted by Gasteiger charge is -2.43. The molecule has 2 fully saturated rings. The Kier molecular flexibility index (Phi) is 5.93. The average molecular weight is 411 g/mol. The van der Waals surface area contributed by atoms with Gasteiger partial charge in [0.2, 0.25) is 0 Å². The van der Waals surface area contributed by atoms with Gasteiger partial charge in [-0.2, -0.15) is 0 Å². The van der Waals surface area contributed by atoms with Crippen LogP contribution in [0.15, 0.2) is 53.3 Å². The van der Waals surface area contributed by atoms with Crippen molar-refractivity contribution in [2.75, 3.05) is 31.1 Å². The summed E-state index contributed by atoms with van der Waals surface area (Å²) in [6.07, 6.45) is 3.76. The molecule has 0 unspecified atom stereocenters. The van der Waals surface area contributed by atoms with Crippen molar-refractivity contribution < 1.29 is 17.6 Å². The first-order valence-electron chi connectivity index (χ1n) is 8.85. The molecule has 27 heavy (non-hydrogen) atoms. The number of nitrogens with zero attached hydrogens (tertiary/aromatic N) is 2. The Hall–Kier alpha value is -1.83. The molecule has 2 aromatic rings. The van der Waals surface area contributed by atoms with Gasteiger partial charge in [-0.3, -0.25) is 9.69 Å². The van der Waals surface area contributed by atoms with Gasteiger partial charge < -0.3 is 9.32 Å². The number of piperazine rings is 1. The van der Waals surface area contributed by atoms with Crippen LogP contribution in [0.4, 0.5) is 0 Å². The summed E-state index contributed by atoms with van der Waals surface area (Å²) in [6, 6.07) is 11.4. The van der Waals surface area contributed by atoms with Crippen molar-refractivity contribution in [1.82, 2.24) is 9.80 Å². The number of rotatable bonds is 4. The fraction of sp³-hybridized carbons (Fsp3) is 0.421. The summed E-state index contributed by atoms with van der Waals surface area (Å²) in [5.41, 5.74) is 1.72. The maximum atomic E-state index is 12.8. The number of hydrogen-bond acceptors (Lipinski definition) is 5. The van der Waals surface area contributed by atoms with E-state index in [-0.39, 0.29) is 41.9 Å². The highest BCUT2D eigenvalue weighted by molar-refractivity contribution is 7.91. The minimum absolute atomic E-state index is 0. The largest absolute Gasteiger partial charge is 0.472 e. The first-order chi connectivity index (χ1) is 12.5. The number of amides is 1. The van der Waals surface area contributed by atoms with Crippen LogP contribution >= 0.6 is 12.4 Å². The predicted molar refractivity (Wildman–Crippen MR) is 105 cm³/mol. The Morgan fingerprint density at radius 1 is 1.07 bits per heavy atom. The summed E-state index contributed by atoms with van der Waals surface area (Å²) in [4.78, 5) is 16.7. The van der Waals surface area contributed by atoms with Gasteiger partial charge in [-0.25, -0.2) is 8.42 Å². The molecule has 3 heterocycles. The van der Waals surface area contributed by atoms with Crippen molar-refractivity contribution in [2.24, 2.45) is 0 Å². The van der Waals surface area contributed by atoms with Crippen molar-refractivity contribution in [3.8, 4) is 0 Å². The first-order valence-corrected chi connectivity index (χ1v) is 10.7. The Labute approximate surface area is 165 Å². The van der Waals surface area contributed by atoms with Crippen LogP contribution < -0.4 is 0 Å². The second-order valence-electron chi connectivity index (χ2n) is 6.99. The molecule has 1 amide bonds. The van der Waals surface area contributed by atoms with E-state index in [2.05, 4.69) is 17.0 Å². The summed E-state index contributed by atoms with van der Waals surface area (Å²) < 4.78 is 29.6. The summed E-state index contributed by atoms with van der Waals surface area (Å²) in [5.74, 6) is 0.0265. The third-order valence-corrected chi connectivity index (χ3v) is 7.05. The Balaban J connectivity index is 0.00000210. The highest BCUT2D eigenvalue weighted by Gasteiger charge is 2.47. The SMILES string of the molecule is Cl.O=C(c1ccoc1)N1CCN(CCc2ccccc2)[C@@H]2CS(=O)(=O)C[C@@H]21. The second-order valence-corrected chi connectivity index (χ2v) is 9.15. The summed E-state index contributed by atoms with van der Waals surface area (Å²) in [5, 5.41) is 0. The van der Waals surface area contributed by atoms with Crippen LogP contribution in [0.2, 0.25) is 0 Å². The number of furan rings is 1. The topological polar surface area (TPSA) is 70.8 Å². The van der Waals surface area contributed by atoms with E-state index in [0.29, 0.717) is 18.7 Å². The molecule has 2 atom stereocenters. The lowest BCUT2D eigenvalue weighted by molar-refractivity contribution is 0.0335. The molecule has 146 valence electrons. The van der Waals surface area contributed by atoms with Gasteiger partial charge in [-0.15, -0.1) is 12.4 Å². The van der Waals surface area contributed by atoms with Crippen LogP contribution in [0.1, 0.15) is 15.9 Å². The van der Waals surface area contributed by atoms with Gasteiger partial charge in [0.15, 0.2) is 9.84 Å². The van der Waals surface area contributed by atoms with Crippen LogP contribution in [0, 0.1) is 0 Å². The monoisotopic (exact) mass is 410 g/mol. The van der Waals surface area contributed by atoms with E-state index in [1.54, 1.807) is 11.0 Å². The normalized spacial score (nSPS) is 24.2. The van der Waals surface area contributed by atoms with E-state index in [9.17, 15) is 13.2 Å². The zero-order chi connectivity index (χ0) is 18.1. The molecule has 6 nitrogen and oxygen atoms in total. The Morgan fingerprint density at radius 3 is 2.52 bits per heavy atom. The fourth-order valence-electron chi connectivity index (χ4n) is 4.02. The van der Waals surface area contributed by atoms with Crippen molar-refractivity contribution in [2.45, 2.75) is 18.5 Å². The van der Waals surface area contributed by atoms with Crippen LogP contribution in [0.5, 0.6) is 0 Å². The number of halogens is 1. The van der Waals surface area contributed by atoms with Crippen LogP contribution in [-0.2, 0) is 16.3 Å². The molecule has 0 aliphatic carbocycles. The minimum atomic E-state index is -3.14. The molecule has 2 saturated heterocycles. The molecule has 0 radical (unpaired) electrons. The molecule has 0 saturated carbocycles. The van der Waals surface area contributed by atoms with Crippen molar-refractivity contribution in [3.63, 3.8) is 0 Å². The zero-order valence-corrected chi connectivity index (χ0v) is 16.5. The third kappa shape index (κ3) is 4.20. The number of sulfone groups is 1. The standard InChI is InChI=1S/C19H22N2O4S.ClH/c22-19(16-7-11-25-12-16)21-10-9-20(8-6-15-4-2-1-3-5-15)17-13-26(23,24)14-18(17)21;/h1-5,7,11-12,17-18H,6,8-10,13-14H2;1H/t17-,18+;/m1./s1. The van der Waals surface area contributed by atoms with Crippen LogP contribution in [-0.4, -0.2) is 67.3 Å². The molecule has 2 aliphatic rings. The summed E-state index contributed by atoms with van der Waals surface area (Å²) >= 11 is 0. The second kappa shape index (κ2) is 8.04. The molecule has 2 aliphatic heterocycles. The quantitative estimate of drug-likeness (QED) is 0.769. The van der Waals surface area contributed by atoms with Gasteiger partial charge >= 0.3 is 0 Å². The number of carbonyl (C=O) groups excluding carboxylic acids is 1. The van der Waals surface area contributed by atoms with Gasteiger partial charge in [0.25, 0.3) is 5.91 Å². The first kappa shape index (κ1) is 19.9. The summed E-state index contributed by atoms with van der Waals surface area (Å²) in [7, 11) is -3.14. The van der Waals surface area contributed by atoms with E-state index < -0.39 is 9.84 Å². The van der Waals surface area contributed by atoms with E-state index in [0.717, 1.165) is 13.0 Å². The molecular weight excluding hydrogens is 388 g/mol. The van der Waals surface area contributed by atoms with Gasteiger partial charge in [0.1, 0.15) is 6.26 Å². The Bertz CT molecular complexity index is 870. The van der Waals surface area contributed by atoms with Gasteiger partial charge in [0.05, 0.1) is 29.4 Å². The molecule has 0 N–H and O–H groups in total. The minimum Gasteiger partial charge on any atom is -0.472 e. The lowest BCUT2D eigenvalue weighted by Crippen LogP contribution is -2.60. The predicted octanol–water partition coefficient (Wildman–Crippen LogP) is 1.87. The van der Waals surface area contributed by atoms with Crippen molar-refractivity contribution in [1.29, 1.82) is 0 Å². The molecule has 1 aromatic heterocycles. The smallest absolute Gasteiger partial charge is 0.257 e. The van der Waals surface area contributed by atoms with Gasteiger partial charge in [-0.1, -0.05) is 30.3 Å². The molecule has 8 heteroatoms. The lowest BCUT2D eigenvalue weighted by atomic mass is 10.0. The van der Waals surface area contributed by atoms with E-state index in [4.69, 9.17) is 4.42 Å². The van der Waals surface area contributed by atoms with Crippen LogP contribution in [0.3, 0.4) is 0 Å². The van der Waals surface area contributed by atoms with E-state index in [1.165, 1.54) is 18.1 Å². The average Bonchev–Trinajstić information content (AvgIpc) is 3.26. The molecular formula is C19H23ClN2O4S. The summed E-state index contributed by atoms with van der Waals surface area (Å²) in [6.45, 7) is 2.02. The van der Waals surface area contributed by atoms with E-state index >= 15 is 0 Å². The number of carbonyl (C=O) groups is 1. The van der Waals surface area contributed by atoms with Crippen molar-refractivity contribution in [3.05, 3.63) is 60.1 Å². The maximum absolute atomic E-state index is 12.8. The zero-order valence-electron chi connectivity index (χ0n) is 14.9. The molecule has 4 rings (SSSR count). The highest BCUT2D eigenvalue weighted by Crippen LogP contribution is 2.28. The van der Waals surface area contributed by atoms with Crippen molar-refractivity contribution >= 4 is 28.2 Å². The highest BCUT2D eigenvalue weighted by atomic mass is 35.5. The number of benzene rings is 1. The van der Waals surface area contributed by atoms with Gasteiger partial charge in [-0.05, 0) is 18.1 Å². The number of fused-ring (bicyclic) bond motifs is 1. The molecule has 1 aromatic carbocycles. The third-order valence-electron chi connectivity index (χ3n) is 5.35. The number of hydrogen-bond donors (Lipinski definition) is 0.